The summed E-state index contributed by atoms with van der Waals surface area (Å²) in [5, 5.41) is 1.03. The minimum atomic E-state index is -0.299. The Morgan fingerprint density at radius 1 is 0.970 bits per heavy atom. The molecule has 0 saturated carbocycles. The van der Waals surface area contributed by atoms with E-state index in [1.807, 2.05) is 41.0 Å². The largest absolute Gasteiger partial charge is 0.342 e. The number of hydrogen-bond acceptors (Lipinski definition) is 5. The standard InChI is InChI=1S/C25H26N6O2/c1-3-4-16-30-22-21(27-25(30)29-14-8-5-9-15-29)23(32)28(2)31(24(22)33)17-19-13-12-18-10-6-7-11-20(18)26-19/h6-7,10-13H,5,8-9,14-17H2,1-2H3. The zero-order valence-electron chi connectivity index (χ0n) is 18.9. The Balaban J connectivity index is 1.68. The summed E-state index contributed by atoms with van der Waals surface area (Å²) >= 11 is 0. The highest BCUT2D eigenvalue weighted by Gasteiger charge is 2.24. The molecule has 33 heavy (non-hydrogen) atoms. The lowest BCUT2D eigenvalue weighted by Crippen LogP contribution is -2.38. The molecule has 1 aliphatic heterocycles. The molecule has 0 amide bonds. The topological polar surface area (TPSA) is 78.0 Å². The Morgan fingerprint density at radius 3 is 2.55 bits per heavy atom. The van der Waals surface area contributed by atoms with Gasteiger partial charge in [-0.15, -0.1) is 5.92 Å². The molecule has 0 radical (unpaired) electrons. The lowest BCUT2D eigenvalue weighted by molar-refractivity contribution is 0.497. The number of piperidine rings is 1. The third-order valence-corrected chi connectivity index (χ3v) is 6.26. The van der Waals surface area contributed by atoms with Crippen molar-refractivity contribution < 1.29 is 0 Å². The molecule has 4 aromatic rings. The van der Waals surface area contributed by atoms with Crippen molar-refractivity contribution in [2.75, 3.05) is 18.0 Å². The van der Waals surface area contributed by atoms with E-state index in [0.717, 1.165) is 36.8 Å². The van der Waals surface area contributed by atoms with Gasteiger partial charge < -0.3 is 4.90 Å². The van der Waals surface area contributed by atoms with Gasteiger partial charge in [0.1, 0.15) is 5.52 Å². The average molecular weight is 443 g/mol. The van der Waals surface area contributed by atoms with Gasteiger partial charge in [0.2, 0.25) is 5.95 Å². The molecule has 3 aromatic heterocycles. The number of hydrogen-bond donors (Lipinski definition) is 0. The van der Waals surface area contributed by atoms with Crippen LogP contribution < -0.4 is 16.0 Å². The summed E-state index contributed by atoms with van der Waals surface area (Å²) in [4.78, 5) is 38.5. The van der Waals surface area contributed by atoms with Gasteiger partial charge in [-0.05, 0) is 38.3 Å². The first-order chi connectivity index (χ1) is 16.1. The highest BCUT2D eigenvalue weighted by atomic mass is 16.2. The SMILES string of the molecule is CC#CCn1c(N2CCCCC2)nc2c(=O)n(C)n(Cc3ccc4ccccc4n3)c(=O)c21. The molecule has 0 spiro atoms. The normalized spacial score (nSPS) is 13.9. The minimum absolute atomic E-state index is 0.190. The van der Waals surface area contributed by atoms with E-state index in [9.17, 15) is 9.59 Å². The summed E-state index contributed by atoms with van der Waals surface area (Å²) in [5.74, 6) is 6.60. The summed E-state index contributed by atoms with van der Waals surface area (Å²) in [6.07, 6.45) is 3.32. The molecule has 1 fully saturated rings. The Hall–Kier alpha value is -3.86. The number of rotatable bonds is 4. The maximum absolute atomic E-state index is 13.7. The van der Waals surface area contributed by atoms with Crippen molar-refractivity contribution in [1.29, 1.82) is 0 Å². The molecule has 0 N–H and O–H groups in total. The molecule has 0 unspecified atom stereocenters. The molecular formula is C25H26N6O2. The first kappa shape index (κ1) is 21.0. The van der Waals surface area contributed by atoms with Crippen molar-refractivity contribution >= 4 is 27.9 Å². The van der Waals surface area contributed by atoms with Crippen molar-refractivity contribution in [3.8, 4) is 11.8 Å². The highest BCUT2D eigenvalue weighted by Crippen LogP contribution is 2.22. The van der Waals surface area contributed by atoms with E-state index >= 15 is 0 Å². The van der Waals surface area contributed by atoms with Crippen LogP contribution >= 0.6 is 0 Å². The maximum Gasteiger partial charge on any atom is 0.293 e. The number of imidazole rings is 1. The smallest absolute Gasteiger partial charge is 0.293 e. The van der Waals surface area contributed by atoms with Gasteiger partial charge >= 0.3 is 0 Å². The van der Waals surface area contributed by atoms with Gasteiger partial charge in [-0.1, -0.05) is 30.2 Å². The zero-order chi connectivity index (χ0) is 22.9. The van der Waals surface area contributed by atoms with E-state index < -0.39 is 0 Å². The van der Waals surface area contributed by atoms with Gasteiger partial charge in [0.15, 0.2) is 5.52 Å². The number of aromatic nitrogens is 5. The molecular weight excluding hydrogens is 416 g/mol. The van der Waals surface area contributed by atoms with Gasteiger partial charge in [0, 0.05) is 25.5 Å². The second-order valence-electron chi connectivity index (χ2n) is 8.36. The number of para-hydroxylation sites is 1. The minimum Gasteiger partial charge on any atom is -0.342 e. The van der Waals surface area contributed by atoms with Crippen molar-refractivity contribution in [2.45, 2.75) is 39.3 Å². The number of pyridine rings is 1. The monoisotopic (exact) mass is 442 g/mol. The summed E-state index contributed by atoms with van der Waals surface area (Å²) in [5.41, 5.74) is 1.50. The van der Waals surface area contributed by atoms with Crippen molar-refractivity contribution in [2.24, 2.45) is 7.05 Å². The van der Waals surface area contributed by atoms with Gasteiger partial charge in [0.05, 0.1) is 24.3 Å². The van der Waals surface area contributed by atoms with E-state index in [2.05, 4.69) is 26.7 Å². The Kier molecular flexibility index (Phi) is 5.47. The molecule has 0 bridgehead atoms. The van der Waals surface area contributed by atoms with Gasteiger partial charge in [-0.3, -0.25) is 19.1 Å². The molecule has 8 nitrogen and oxygen atoms in total. The van der Waals surface area contributed by atoms with Gasteiger partial charge in [-0.25, -0.2) is 14.3 Å². The summed E-state index contributed by atoms with van der Waals surface area (Å²) in [6.45, 7) is 3.99. The van der Waals surface area contributed by atoms with Crippen LogP contribution in [0, 0.1) is 11.8 Å². The maximum atomic E-state index is 13.7. The second kappa shape index (κ2) is 8.58. The van der Waals surface area contributed by atoms with Crippen LogP contribution in [-0.2, 0) is 20.1 Å². The van der Waals surface area contributed by atoms with E-state index in [1.54, 1.807) is 14.0 Å². The van der Waals surface area contributed by atoms with E-state index in [1.165, 1.54) is 15.8 Å². The van der Waals surface area contributed by atoms with Crippen LogP contribution in [0.4, 0.5) is 5.95 Å². The molecule has 1 saturated heterocycles. The van der Waals surface area contributed by atoms with Crippen LogP contribution in [0.25, 0.3) is 21.9 Å². The van der Waals surface area contributed by atoms with Crippen LogP contribution in [0.5, 0.6) is 0 Å². The molecule has 4 heterocycles. The first-order valence-electron chi connectivity index (χ1n) is 11.3. The summed E-state index contributed by atoms with van der Waals surface area (Å²) in [6, 6.07) is 11.7. The van der Waals surface area contributed by atoms with Crippen molar-refractivity contribution in [1.82, 2.24) is 23.9 Å². The molecule has 168 valence electrons. The van der Waals surface area contributed by atoms with Crippen LogP contribution in [0.2, 0.25) is 0 Å². The highest BCUT2D eigenvalue weighted by molar-refractivity contribution is 5.79. The number of fused-ring (bicyclic) bond motifs is 2. The van der Waals surface area contributed by atoms with Gasteiger partial charge in [0.25, 0.3) is 11.1 Å². The fourth-order valence-corrected chi connectivity index (χ4v) is 4.50. The molecule has 5 rings (SSSR count). The predicted molar refractivity (Wildman–Crippen MR) is 130 cm³/mol. The Morgan fingerprint density at radius 2 is 1.76 bits per heavy atom. The number of nitrogens with zero attached hydrogens (tertiary/aromatic N) is 6. The molecule has 0 atom stereocenters. The van der Waals surface area contributed by atoms with Crippen LogP contribution in [-0.4, -0.2) is 37.0 Å². The van der Waals surface area contributed by atoms with Crippen LogP contribution in [0.15, 0.2) is 46.0 Å². The average Bonchev–Trinajstić information content (AvgIpc) is 3.24. The van der Waals surface area contributed by atoms with Gasteiger partial charge in [-0.2, -0.15) is 0 Å². The quantitative estimate of drug-likeness (QED) is 0.454. The fourth-order valence-electron chi connectivity index (χ4n) is 4.50. The van der Waals surface area contributed by atoms with Crippen molar-refractivity contribution in [3.05, 3.63) is 62.8 Å². The molecule has 1 aliphatic rings. The van der Waals surface area contributed by atoms with Crippen LogP contribution in [0.3, 0.4) is 0 Å². The lowest BCUT2D eigenvalue weighted by Gasteiger charge is -2.27. The van der Waals surface area contributed by atoms with E-state index in [-0.39, 0.29) is 23.2 Å². The Bertz CT molecular complexity index is 1530. The predicted octanol–water partition coefficient (Wildman–Crippen LogP) is 2.51. The third-order valence-electron chi connectivity index (χ3n) is 6.26. The molecule has 1 aromatic carbocycles. The summed E-state index contributed by atoms with van der Waals surface area (Å²) < 4.78 is 4.61. The van der Waals surface area contributed by atoms with Crippen molar-refractivity contribution in [3.63, 3.8) is 0 Å². The third kappa shape index (κ3) is 3.69. The second-order valence-corrected chi connectivity index (χ2v) is 8.36. The van der Waals surface area contributed by atoms with E-state index in [0.29, 0.717) is 23.7 Å². The van der Waals surface area contributed by atoms with Crippen LogP contribution in [0.1, 0.15) is 31.9 Å². The fraction of sp³-hybridized carbons (Fsp3) is 0.360. The number of benzene rings is 1. The first-order valence-corrected chi connectivity index (χ1v) is 11.3. The Labute approximate surface area is 191 Å². The zero-order valence-corrected chi connectivity index (χ0v) is 18.9. The molecule has 8 heteroatoms. The van der Waals surface area contributed by atoms with E-state index in [4.69, 9.17) is 0 Å². The molecule has 0 aliphatic carbocycles. The summed E-state index contributed by atoms with van der Waals surface area (Å²) in [7, 11) is 1.61. The number of anilines is 1. The lowest BCUT2D eigenvalue weighted by atomic mass is 10.1.